The van der Waals surface area contributed by atoms with Crippen molar-refractivity contribution in [2.45, 2.75) is 22.7 Å². The molecule has 36 heavy (non-hydrogen) atoms. The number of thiazole rings is 1. The van der Waals surface area contributed by atoms with E-state index < -0.39 is 63.9 Å². The molecule has 1 saturated heterocycles. The van der Waals surface area contributed by atoms with Crippen molar-refractivity contribution >= 4 is 52.5 Å². The van der Waals surface area contributed by atoms with E-state index in [1.807, 2.05) is 0 Å². The zero-order valence-corrected chi connectivity index (χ0v) is 19.8. The maximum absolute atomic E-state index is 13.6. The van der Waals surface area contributed by atoms with E-state index >= 15 is 0 Å². The Balaban J connectivity index is 1.55. The fourth-order valence-electron chi connectivity index (χ4n) is 4.38. The van der Waals surface area contributed by atoms with Crippen LogP contribution in [0.15, 0.2) is 58.4 Å². The topological polar surface area (TPSA) is 132 Å². The van der Waals surface area contributed by atoms with Gasteiger partial charge in [-0.1, -0.05) is 35.2 Å². The molecule has 0 bridgehead atoms. The lowest BCUT2D eigenvalue weighted by atomic mass is 9.83. The van der Waals surface area contributed by atoms with Crippen molar-refractivity contribution in [3.05, 3.63) is 80.3 Å². The summed E-state index contributed by atoms with van der Waals surface area (Å²) in [6, 6.07) is 9.12. The maximum atomic E-state index is 13.6. The first kappa shape index (κ1) is 23.9. The van der Waals surface area contributed by atoms with Crippen molar-refractivity contribution < 1.29 is 28.0 Å². The molecule has 3 aromatic rings. The first-order valence-corrected chi connectivity index (χ1v) is 12.2. The van der Waals surface area contributed by atoms with E-state index in [1.165, 1.54) is 53.1 Å². The Morgan fingerprint density at radius 3 is 2.17 bits per heavy atom. The quantitative estimate of drug-likeness (QED) is 0.499. The zero-order chi connectivity index (χ0) is 25.7. The number of primary amides is 1. The smallest absolute Gasteiger partial charge is 0.328 e. The number of benzene rings is 2. The molecule has 0 aliphatic carbocycles. The number of carbonyl (C=O) groups excluding carboxylic acids is 4. The predicted molar refractivity (Wildman–Crippen MR) is 126 cm³/mol. The van der Waals surface area contributed by atoms with E-state index in [1.54, 1.807) is 0 Å². The molecular weight excluding hydrogens is 514 g/mol. The van der Waals surface area contributed by atoms with Crippen LogP contribution in [0.4, 0.5) is 19.3 Å². The van der Waals surface area contributed by atoms with E-state index in [0.717, 1.165) is 23.1 Å². The molecule has 3 atom stereocenters. The zero-order valence-electron chi connectivity index (χ0n) is 18.1. The van der Waals surface area contributed by atoms with Gasteiger partial charge in [0, 0.05) is 16.5 Å². The Bertz CT molecular complexity index is 1470. The molecule has 0 radical (unpaired) electrons. The second kappa shape index (κ2) is 8.99. The van der Waals surface area contributed by atoms with Gasteiger partial charge in [-0.15, -0.1) is 0 Å². The molecule has 3 heterocycles. The standard InChI is InChI=1S/C23H16F2N4O5S2/c24-11-3-1-10(2-4-11)15-16-17(20(32)29(19(16)31)22(26)33)35-21-18(15)36-23(34)28(21)9-14(30)27-13-7-5-12(25)6-8-13/h1-8,15-17H,9H2,(H2,26,33)(H,27,30). The van der Waals surface area contributed by atoms with Crippen molar-refractivity contribution in [3.63, 3.8) is 0 Å². The van der Waals surface area contributed by atoms with Crippen LogP contribution in [0.3, 0.4) is 0 Å². The average Bonchev–Trinajstić information content (AvgIpc) is 3.27. The average molecular weight is 531 g/mol. The van der Waals surface area contributed by atoms with E-state index in [9.17, 15) is 32.8 Å². The minimum absolute atomic E-state index is 0.294. The van der Waals surface area contributed by atoms with Gasteiger partial charge in [-0.05, 0) is 42.0 Å². The fourth-order valence-corrected chi connectivity index (χ4v) is 7.15. The number of thioether (sulfide) groups is 1. The van der Waals surface area contributed by atoms with Gasteiger partial charge in [0.05, 0.1) is 10.9 Å². The van der Waals surface area contributed by atoms with Crippen LogP contribution in [0.1, 0.15) is 16.4 Å². The van der Waals surface area contributed by atoms with Gasteiger partial charge < -0.3 is 11.1 Å². The van der Waals surface area contributed by atoms with Gasteiger partial charge in [-0.2, -0.15) is 4.90 Å². The molecule has 184 valence electrons. The minimum Gasteiger partial charge on any atom is -0.351 e. The van der Waals surface area contributed by atoms with Crippen LogP contribution in [0.5, 0.6) is 0 Å². The van der Waals surface area contributed by atoms with Crippen molar-refractivity contribution in [2.24, 2.45) is 11.7 Å². The second-order valence-corrected chi connectivity index (χ2v) is 10.2. The van der Waals surface area contributed by atoms with E-state index in [4.69, 9.17) is 5.73 Å². The molecular formula is C23H16F2N4O5S2. The summed E-state index contributed by atoms with van der Waals surface area (Å²) in [6.07, 6.45) is 0. The number of nitrogens with zero attached hydrogens (tertiary/aromatic N) is 2. The van der Waals surface area contributed by atoms with Gasteiger partial charge in [0.2, 0.25) is 11.8 Å². The number of nitrogens with one attached hydrogen (secondary N) is 1. The summed E-state index contributed by atoms with van der Waals surface area (Å²) in [5.74, 6) is -5.07. The highest BCUT2D eigenvalue weighted by atomic mass is 32.2. The number of hydrogen-bond acceptors (Lipinski definition) is 7. The van der Waals surface area contributed by atoms with Crippen LogP contribution < -0.4 is 15.9 Å². The molecule has 1 aromatic heterocycles. The first-order valence-electron chi connectivity index (χ1n) is 10.5. The number of hydrogen-bond donors (Lipinski definition) is 2. The van der Waals surface area contributed by atoms with E-state index in [-0.39, 0.29) is 0 Å². The Hall–Kier alpha value is -3.84. The first-order chi connectivity index (χ1) is 17.2. The summed E-state index contributed by atoms with van der Waals surface area (Å²) >= 11 is 1.71. The molecule has 3 unspecified atom stereocenters. The number of rotatable bonds is 4. The summed E-state index contributed by atoms with van der Waals surface area (Å²) in [7, 11) is 0. The number of aromatic nitrogens is 1. The highest BCUT2D eigenvalue weighted by Gasteiger charge is 2.57. The van der Waals surface area contributed by atoms with Gasteiger partial charge >= 0.3 is 10.9 Å². The molecule has 3 N–H and O–H groups in total. The predicted octanol–water partition coefficient (Wildman–Crippen LogP) is 2.50. The number of nitrogens with two attached hydrogens (primary N) is 1. The number of anilines is 1. The van der Waals surface area contributed by atoms with Gasteiger partial charge in [-0.25, -0.2) is 13.6 Å². The lowest BCUT2D eigenvalue weighted by molar-refractivity contribution is -0.135. The Morgan fingerprint density at radius 1 is 0.944 bits per heavy atom. The second-order valence-electron chi connectivity index (χ2n) is 8.12. The molecule has 1 fully saturated rings. The number of likely N-dealkylation sites (tertiary alicyclic amines) is 1. The molecule has 0 saturated carbocycles. The number of urea groups is 1. The largest absolute Gasteiger partial charge is 0.351 e. The van der Waals surface area contributed by atoms with Crippen LogP contribution >= 0.6 is 23.1 Å². The van der Waals surface area contributed by atoms with Gasteiger partial charge in [0.15, 0.2) is 0 Å². The maximum Gasteiger partial charge on any atom is 0.328 e. The molecule has 5 rings (SSSR count). The molecule has 2 aliphatic heterocycles. The Labute approximate surface area is 209 Å². The monoisotopic (exact) mass is 530 g/mol. The molecule has 2 aliphatic rings. The van der Waals surface area contributed by atoms with Crippen molar-refractivity contribution in [1.29, 1.82) is 0 Å². The van der Waals surface area contributed by atoms with Crippen LogP contribution in [0.2, 0.25) is 0 Å². The van der Waals surface area contributed by atoms with E-state index in [0.29, 0.717) is 26.1 Å². The molecule has 9 nitrogen and oxygen atoms in total. The Kier molecular flexibility index (Phi) is 5.96. The van der Waals surface area contributed by atoms with Crippen LogP contribution in [0.25, 0.3) is 0 Å². The summed E-state index contributed by atoms with van der Waals surface area (Å²) in [6.45, 7) is -0.412. The van der Waals surface area contributed by atoms with Gasteiger partial charge in [0.25, 0.3) is 5.91 Å². The number of imide groups is 3. The highest BCUT2D eigenvalue weighted by molar-refractivity contribution is 8.00. The minimum atomic E-state index is -1.21. The normalized spacial score (nSPS) is 20.7. The molecule has 13 heteroatoms. The third kappa shape index (κ3) is 3.99. The molecule has 0 spiro atoms. The van der Waals surface area contributed by atoms with Crippen LogP contribution in [-0.4, -0.2) is 38.5 Å². The lowest BCUT2D eigenvalue weighted by Crippen LogP contribution is -2.41. The number of halogens is 2. The highest BCUT2D eigenvalue weighted by Crippen LogP contribution is 2.53. The molecule has 5 amide bonds. The summed E-state index contributed by atoms with van der Waals surface area (Å²) in [5.41, 5.74) is 6.06. The summed E-state index contributed by atoms with van der Waals surface area (Å²) in [4.78, 5) is 63.8. The van der Waals surface area contributed by atoms with Gasteiger partial charge in [-0.3, -0.25) is 23.7 Å². The van der Waals surface area contributed by atoms with Crippen molar-refractivity contribution in [3.8, 4) is 0 Å². The third-order valence-electron chi connectivity index (χ3n) is 5.93. The fraction of sp³-hybridized carbons (Fsp3) is 0.174. The Morgan fingerprint density at radius 2 is 1.56 bits per heavy atom. The number of amides is 5. The summed E-state index contributed by atoms with van der Waals surface area (Å²) < 4.78 is 28.0. The van der Waals surface area contributed by atoms with E-state index in [2.05, 4.69) is 5.32 Å². The van der Waals surface area contributed by atoms with Crippen molar-refractivity contribution in [2.75, 3.05) is 5.32 Å². The SMILES string of the molecule is NC(=O)N1C(=O)C2Sc3c(sc(=O)n3CC(=O)Nc3ccc(F)cc3)C(c3ccc(F)cc3)C2C1=O. The van der Waals surface area contributed by atoms with Crippen LogP contribution in [0, 0.1) is 17.6 Å². The third-order valence-corrected chi connectivity index (χ3v) is 8.53. The summed E-state index contributed by atoms with van der Waals surface area (Å²) in [5, 5.41) is 1.79. The van der Waals surface area contributed by atoms with Crippen LogP contribution in [-0.2, 0) is 20.9 Å². The number of carbonyl (C=O) groups is 4. The lowest BCUT2D eigenvalue weighted by Gasteiger charge is -2.30. The van der Waals surface area contributed by atoms with Crippen molar-refractivity contribution in [1.82, 2.24) is 9.47 Å². The van der Waals surface area contributed by atoms with Gasteiger partial charge in [0.1, 0.15) is 23.4 Å². The molecule has 2 aromatic carbocycles. The number of fused-ring (bicyclic) bond motifs is 2.